The summed E-state index contributed by atoms with van der Waals surface area (Å²) in [5, 5.41) is 17.1. The van der Waals surface area contributed by atoms with Crippen LogP contribution in [0.3, 0.4) is 0 Å². The number of hydrogen-bond donors (Lipinski definition) is 2. The lowest BCUT2D eigenvalue weighted by Gasteiger charge is -2.17. The average Bonchev–Trinajstić information content (AvgIpc) is 2.72. The molecule has 17 heavy (non-hydrogen) atoms. The SMILES string of the molecule is CC(C)CC(CO)NCc1ccn(C(C)C)n1. The Morgan fingerprint density at radius 1 is 1.35 bits per heavy atom. The monoisotopic (exact) mass is 239 g/mol. The minimum absolute atomic E-state index is 0.166. The normalized spacial score (nSPS) is 13.6. The third-order valence-corrected chi connectivity index (χ3v) is 2.74. The second kappa shape index (κ2) is 6.77. The van der Waals surface area contributed by atoms with Gasteiger partial charge in [-0.25, -0.2) is 0 Å². The minimum Gasteiger partial charge on any atom is -0.395 e. The highest BCUT2D eigenvalue weighted by molar-refractivity contribution is 4.99. The molecule has 0 radical (unpaired) electrons. The number of hydrogen-bond acceptors (Lipinski definition) is 3. The number of aliphatic hydroxyl groups excluding tert-OH is 1. The van der Waals surface area contributed by atoms with Crippen LogP contribution in [0.1, 0.15) is 45.9 Å². The fraction of sp³-hybridized carbons (Fsp3) is 0.769. The summed E-state index contributed by atoms with van der Waals surface area (Å²) < 4.78 is 1.95. The van der Waals surface area contributed by atoms with Gasteiger partial charge in [0.1, 0.15) is 0 Å². The van der Waals surface area contributed by atoms with Crippen molar-refractivity contribution >= 4 is 0 Å². The van der Waals surface area contributed by atoms with Gasteiger partial charge in [0.15, 0.2) is 0 Å². The summed E-state index contributed by atoms with van der Waals surface area (Å²) in [6, 6.07) is 2.59. The molecule has 0 fully saturated rings. The van der Waals surface area contributed by atoms with Crippen LogP contribution >= 0.6 is 0 Å². The van der Waals surface area contributed by atoms with Crippen molar-refractivity contribution in [2.45, 2.75) is 52.7 Å². The first kappa shape index (κ1) is 14.2. The zero-order valence-electron chi connectivity index (χ0n) is 11.3. The summed E-state index contributed by atoms with van der Waals surface area (Å²) in [5.41, 5.74) is 1.03. The van der Waals surface area contributed by atoms with Crippen molar-refractivity contribution < 1.29 is 5.11 Å². The first-order chi connectivity index (χ1) is 8.02. The molecule has 1 aromatic heterocycles. The van der Waals surface area contributed by atoms with Gasteiger partial charge in [0, 0.05) is 24.8 Å². The van der Waals surface area contributed by atoms with Gasteiger partial charge in [-0.1, -0.05) is 13.8 Å². The van der Waals surface area contributed by atoms with E-state index in [2.05, 4.69) is 38.1 Å². The summed E-state index contributed by atoms with van der Waals surface area (Å²) in [5.74, 6) is 0.591. The van der Waals surface area contributed by atoms with Crippen molar-refractivity contribution in [1.29, 1.82) is 0 Å². The Morgan fingerprint density at radius 2 is 2.06 bits per heavy atom. The van der Waals surface area contributed by atoms with Crippen LogP contribution in [0.25, 0.3) is 0 Å². The van der Waals surface area contributed by atoms with Gasteiger partial charge in [0.25, 0.3) is 0 Å². The molecule has 0 saturated carbocycles. The number of aromatic nitrogens is 2. The van der Waals surface area contributed by atoms with E-state index in [0.717, 1.165) is 18.7 Å². The van der Waals surface area contributed by atoms with Crippen LogP contribution in [-0.4, -0.2) is 27.5 Å². The molecular weight excluding hydrogens is 214 g/mol. The van der Waals surface area contributed by atoms with Gasteiger partial charge in [0.2, 0.25) is 0 Å². The molecule has 1 heterocycles. The van der Waals surface area contributed by atoms with Crippen molar-refractivity contribution in [1.82, 2.24) is 15.1 Å². The fourth-order valence-corrected chi connectivity index (χ4v) is 1.80. The summed E-state index contributed by atoms with van der Waals surface area (Å²) in [6.07, 6.45) is 2.99. The summed E-state index contributed by atoms with van der Waals surface area (Å²) >= 11 is 0. The minimum atomic E-state index is 0.166. The van der Waals surface area contributed by atoms with Gasteiger partial charge >= 0.3 is 0 Å². The molecule has 1 aromatic rings. The molecule has 1 rings (SSSR count). The molecule has 0 bridgehead atoms. The molecule has 1 atom stereocenters. The topological polar surface area (TPSA) is 50.1 Å². The Balaban J connectivity index is 2.42. The van der Waals surface area contributed by atoms with Gasteiger partial charge in [0.05, 0.1) is 12.3 Å². The van der Waals surface area contributed by atoms with E-state index < -0.39 is 0 Å². The Morgan fingerprint density at radius 3 is 2.53 bits per heavy atom. The Labute approximate surface area is 104 Å². The van der Waals surface area contributed by atoms with Crippen molar-refractivity contribution in [3.8, 4) is 0 Å². The van der Waals surface area contributed by atoms with Crippen molar-refractivity contribution in [2.24, 2.45) is 5.92 Å². The van der Waals surface area contributed by atoms with E-state index in [1.807, 2.05) is 16.9 Å². The van der Waals surface area contributed by atoms with Gasteiger partial charge in [-0.3, -0.25) is 4.68 Å². The highest BCUT2D eigenvalue weighted by Crippen LogP contribution is 2.07. The lowest BCUT2D eigenvalue weighted by atomic mass is 10.0. The Bertz CT molecular complexity index is 320. The molecule has 0 amide bonds. The van der Waals surface area contributed by atoms with Gasteiger partial charge < -0.3 is 10.4 Å². The summed E-state index contributed by atoms with van der Waals surface area (Å²) in [6.45, 7) is 9.45. The maximum atomic E-state index is 9.26. The van der Waals surface area contributed by atoms with E-state index in [4.69, 9.17) is 0 Å². The number of nitrogens with one attached hydrogen (secondary N) is 1. The van der Waals surface area contributed by atoms with Crippen LogP contribution in [-0.2, 0) is 6.54 Å². The largest absolute Gasteiger partial charge is 0.395 e. The first-order valence-electron chi connectivity index (χ1n) is 6.41. The number of aliphatic hydroxyl groups is 1. The van der Waals surface area contributed by atoms with Crippen molar-refractivity contribution in [3.05, 3.63) is 18.0 Å². The third-order valence-electron chi connectivity index (χ3n) is 2.74. The standard InChI is InChI=1S/C13H25N3O/c1-10(2)7-13(9-17)14-8-12-5-6-16(15-12)11(3)4/h5-6,10-11,13-14,17H,7-9H2,1-4H3. The second-order valence-corrected chi connectivity index (χ2v) is 5.27. The summed E-state index contributed by atoms with van der Waals surface area (Å²) in [7, 11) is 0. The molecule has 4 nitrogen and oxygen atoms in total. The predicted molar refractivity (Wildman–Crippen MR) is 69.8 cm³/mol. The molecule has 4 heteroatoms. The van der Waals surface area contributed by atoms with Crippen LogP contribution in [0.15, 0.2) is 12.3 Å². The Hall–Kier alpha value is -0.870. The van der Waals surface area contributed by atoms with Crippen LogP contribution in [0.5, 0.6) is 0 Å². The van der Waals surface area contributed by atoms with Crippen molar-refractivity contribution in [3.63, 3.8) is 0 Å². The molecule has 0 aliphatic carbocycles. The Kier molecular flexibility index (Phi) is 5.65. The molecule has 0 aromatic carbocycles. The van der Waals surface area contributed by atoms with Gasteiger partial charge in [-0.05, 0) is 32.3 Å². The molecule has 2 N–H and O–H groups in total. The van der Waals surface area contributed by atoms with Crippen LogP contribution < -0.4 is 5.32 Å². The quantitative estimate of drug-likeness (QED) is 0.764. The van der Waals surface area contributed by atoms with Gasteiger partial charge in [-0.2, -0.15) is 5.10 Å². The van der Waals surface area contributed by atoms with E-state index in [-0.39, 0.29) is 12.6 Å². The number of rotatable bonds is 7. The van der Waals surface area contributed by atoms with Crippen LogP contribution in [0.2, 0.25) is 0 Å². The second-order valence-electron chi connectivity index (χ2n) is 5.27. The highest BCUT2D eigenvalue weighted by Gasteiger charge is 2.10. The molecule has 0 aliphatic heterocycles. The fourth-order valence-electron chi connectivity index (χ4n) is 1.80. The summed E-state index contributed by atoms with van der Waals surface area (Å²) in [4.78, 5) is 0. The molecule has 0 saturated heterocycles. The first-order valence-corrected chi connectivity index (χ1v) is 6.41. The van der Waals surface area contributed by atoms with E-state index in [1.165, 1.54) is 0 Å². The molecule has 0 spiro atoms. The highest BCUT2D eigenvalue weighted by atomic mass is 16.3. The molecule has 1 unspecified atom stereocenters. The molecule has 0 aliphatic rings. The smallest absolute Gasteiger partial charge is 0.0762 e. The molecule has 98 valence electrons. The zero-order valence-corrected chi connectivity index (χ0v) is 11.3. The maximum absolute atomic E-state index is 9.26. The zero-order chi connectivity index (χ0) is 12.8. The van der Waals surface area contributed by atoms with Gasteiger partial charge in [-0.15, -0.1) is 0 Å². The lowest BCUT2D eigenvalue weighted by molar-refractivity contribution is 0.223. The van der Waals surface area contributed by atoms with E-state index in [0.29, 0.717) is 12.0 Å². The van der Waals surface area contributed by atoms with Crippen LogP contribution in [0.4, 0.5) is 0 Å². The third kappa shape index (κ3) is 4.88. The van der Waals surface area contributed by atoms with E-state index in [1.54, 1.807) is 0 Å². The predicted octanol–water partition coefficient (Wildman–Crippen LogP) is 1.96. The van der Waals surface area contributed by atoms with E-state index >= 15 is 0 Å². The lowest BCUT2D eigenvalue weighted by Crippen LogP contribution is -2.33. The average molecular weight is 239 g/mol. The van der Waals surface area contributed by atoms with Crippen molar-refractivity contribution in [2.75, 3.05) is 6.61 Å². The molecular formula is C13H25N3O. The van der Waals surface area contributed by atoms with Crippen LogP contribution in [0, 0.1) is 5.92 Å². The number of nitrogens with zero attached hydrogens (tertiary/aromatic N) is 2. The maximum Gasteiger partial charge on any atom is 0.0762 e. The van der Waals surface area contributed by atoms with E-state index in [9.17, 15) is 5.11 Å².